The number of carbonyl (C=O) groups excluding carboxylic acids is 6. The Morgan fingerprint density at radius 2 is 1.62 bits per heavy atom. The van der Waals surface area contributed by atoms with E-state index in [0.29, 0.717) is 31.1 Å². The lowest BCUT2D eigenvalue weighted by molar-refractivity contribution is -0.271. The maximum absolute atomic E-state index is 13.5. The fourth-order valence-electron chi connectivity index (χ4n) is 8.16. The number of carbonyl (C=O) groups is 8. The molecule has 24 nitrogen and oxygen atoms in total. The second-order valence-electron chi connectivity index (χ2n) is 17.8. The number of nitrogens with zero attached hydrogens (tertiary/aromatic N) is 2. The number of hydrogen-bond donors (Lipinski definition) is 11. The number of nitrogens with one attached hydrogen (secondary N) is 6. The van der Waals surface area contributed by atoms with Crippen LogP contribution in [0.25, 0.3) is 6.08 Å². The molecule has 6 amide bonds. The van der Waals surface area contributed by atoms with Gasteiger partial charge in [-0.1, -0.05) is 31.0 Å². The summed E-state index contributed by atoms with van der Waals surface area (Å²) >= 11 is 0. The van der Waals surface area contributed by atoms with Crippen molar-refractivity contribution >= 4 is 65.0 Å². The molecule has 3 saturated heterocycles. The molecular formula is C49H60N8O16. The van der Waals surface area contributed by atoms with Gasteiger partial charge in [0.25, 0.3) is 5.91 Å². The maximum atomic E-state index is 13.5. The number of anilines is 2. The Hall–Kier alpha value is -7.51. The number of benzene rings is 2. The van der Waals surface area contributed by atoms with Crippen LogP contribution in [0, 0.1) is 5.92 Å². The molecule has 24 heteroatoms. The van der Waals surface area contributed by atoms with Crippen molar-refractivity contribution < 1.29 is 78.1 Å². The molecule has 3 aliphatic heterocycles. The number of amides is 6. The second-order valence-corrected chi connectivity index (χ2v) is 17.8. The van der Waals surface area contributed by atoms with E-state index in [1.807, 2.05) is 6.07 Å². The number of rotatable bonds is 23. The Morgan fingerprint density at radius 3 is 2.32 bits per heavy atom. The lowest BCUT2D eigenvalue weighted by atomic mass is 9.90. The SMILES string of the molecule is O=C(O)CCC(=O)NC1(C(=O)NCCC(=O)Nc2cc(COC(=O)Nc3cccc(C(=O)N4CCC(CCCCNC(=O)/C=C/c5cccnc5)CC4)c3)ccc2OC2OC(C(=O)O)C(O)[C@H](O)[C@@H]2O)CNC1. The number of piperidine rings is 1. The summed E-state index contributed by atoms with van der Waals surface area (Å²) in [4.78, 5) is 106. The highest BCUT2D eigenvalue weighted by molar-refractivity contribution is 5.97. The van der Waals surface area contributed by atoms with Crippen LogP contribution in [0.2, 0.25) is 0 Å². The Kier molecular flexibility index (Phi) is 19.7. The van der Waals surface area contributed by atoms with Crippen molar-refractivity contribution in [3.8, 4) is 5.75 Å². The number of carboxylic acids is 2. The van der Waals surface area contributed by atoms with Crippen molar-refractivity contribution in [2.45, 2.75) is 94.2 Å². The molecule has 0 aliphatic carbocycles. The smallest absolute Gasteiger partial charge is 0.411 e. The summed E-state index contributed by atoms with van der Waals surface area (Å²) in [6.07, 6.45) is -0.834. The number of pyridine rings is 1. The zero-order chi connectivity index (χ0) is 52.5. The van der Waals surface area contributed by atoms with Crippen LogP contribution in [0.4, 0.5) is 16.2 Å². The number of likely N-dealkylation sites (tertiary alicyclic amines) is 1. The molecule has 3 unspecified atom stereocenters. The Balaban J connectivity index is 0.993. The van der Waals surface area contributed by atoms with Crippen LogP contribution >= 0.6 is 0 Å². The topological polar surface area (TPSA) is 354 Å². The van der Waals surface area contributed by atoms with Crippen molar-refractivity contribution in [3.63, 3.8) is 0 Å². The minimum Gasteiger partial charge on any atom is -0.481 e. The van der Waals surface area contributed by atoms with Gasteiger partial charge in [0.15, 0.2) is 6.10 Å². The van der Waals surface area contributed by atoms with Crippen molar-refractivity contribution in [1.29, 1.82) is 0 Å². The summed E-state index contributed by atoms with van der Waals surface area (Å²) in [5, 5.41) is 65.6. The molecule has 3 aromatic rings. The van der Waals surface area contributed by atoms with Crippen LogP contribution in [-0.4, -0.2) is 158 Å². The fourth-order valence-corrected chi connectivity index (χ4v) is 8.16. The number of hydrogen-bond acceptors (Lipinski definition) is 16. The number of aliphatic carboxylic acids is 2. The normalized spacial score (nSPS) is 20.4. The third-order valence-electron chi connectivity index (χ3n) is 12.3. The molecule has 392 valence electrons. The molecule has 0 radical (unpaired) electrons. The van der Waals surface area contributed by atoms with E-state index in [9.17, 15) is 58.8 Å². The molecule has 0 bridgehead atoms. The predicted molar refractivity (Wildman–Crippen MR) is 257 cm³/mol. The Bertz CT molecular complexity index is 2480. The quantitative estimate of drug-likeness (QED) is 0.0460. The van der Waals surface area contributed by atoms with Gasteiger partial charge in [-0.25, -0.2) is 9.59 Å². The van der Waals surface area contributed by atoms with Crippen molar-refractivity contribution in [1.82, 2.24) is 31.2 Å². The van der Waals surface area contributed by atoms with Crippen molar-refractivity contribution in [2.24, 2.45) is 5.92 Å². The standard InChI is InChI=1S/C49H60N8O16/c58-36(12-10-30-6-4-18-50-25-30)52-19-2-1-5-29-16-21-57(22-17-29)44(66)32-7-3-8-33(24-32)54-48(70)71-26-31-9-11-35(72-46-42(65)40(63)41(64)43(73-46)45(67)68)34(23-31)55-37(59)15-20-53-47(69)49(27-51-28-49)56-38(60)13-14-39(61)62/h3-4,6-12,18,23-25,29,40-43,46,51,63-65H,1-2,5,13-17,19-22,26-28H2,(H,52,58)(H,53,69)(H,54,70)(H,55,59)(H,56,60)(H,61,62)(H,67,68)/b12-10+/t40-,41?,42-,43?,46?/m0/s1. The van der Waals surface area contributed by atoms with Gasteiger partial charge in [-0.3, -0.25) is 39.1 Å². The summed E-state index contributed by atoms with van der Waals surface area (Å²) in [6.45, 7) is 1.23. The molecule has 6 rings (SSSR count). The van der Waals surface area contributed by atoms with Crippen molar-refractivity contribution in [2.75, 3.05) is 49.9 Å². The molecule has 73 heavy (non-hydrogen) atoms. The molecular weight excluding hydrogens is 957 g/mol. The molecule has 1 aromatic heterocycles. The average molecular weight is 1020 g/mol. The van der Waals surface area contributed by atoms with Gasteiger partial charge in [-0.05, 0) is 78.8 Å². The monoisotopic (exact) mass is 1020 g/mol. The Morgan fingerprint density at radius 1 is 0.836 bits per heavy atom. The van der Waals surface area contributed by atoms with E-state index >= 15 is 0 Å². The zero-order valence-corrected chi connectivity index (χ0v) is 39.7. The summed E-state index contributed by atoms with van der Waals surface area (Å²) in [6, 6.07) is 14.1. The van der Waals surface area contributed by atoms with Crippen LogP contribution < -0.4 is 36.6 Å². The molecule has 0 saturated carbocycles. The van der Waals surface area contributed by atoms with Crippen LogP contribution in [-0.2, 0) is 44.8 Å². The summed E-state index contributed by atoms with van der Waals surface area (Å²) in [5.74, 6) is -4.91. The zero-order valence-electron chi connectivity index (χ0n) is 39.7. The molecule has 3 aliphatic rings. The minimum absolute atomic E-state index is 0.0636. The minimum atomic E-state index is -2.00. The van der Waals surface area contributed by atoms with Gasteiger partial charge >= 0.3 is 18.0 Å². The van der Waals surface area contributed by atoms with Crippen LogP contribution in [0.3, 0.4) is 0 Å². The number of unbranched alkanes of at least 4 members (excludes halogenated alkanes) is 1. The molecule has 11 N–H and O–H groups in total. The van der Waals surface area contributed by atoms with E-state index in [-0.39, 0.29) is 73.6 Å². The molecule has 0 spiro atoms. The van der Waals surface area contributed by atoms with Gasteiger partial charge in [0.05, 0.1) is 12.1 Å². The molecule has 2 aromatic carbocycles. The lowest BCUT2D eigenvalue weighted by Crippen LogP contribution is -2.75. The van der Waals surface area contributed by atoms with E-state index < -0.39 is 78.4 Å². The average Bonchev–Trinajstić information content (AvgIpc) is 3.36. The maximum Gasteiger partial charge on any atom is 0.411 e. The van der Waals surface area contributed by atoms with E-state index in [0.717, 1.165) is 37.7 Å². The first kappa shape index (κ1) is 54.8. The van der Waals surface area contributed by atoms with Crippen LogP contribution in [0.15, 0.2) is 73.1 Å². The summed E-state index contributed by atoms with van der Waals surface area (Å²) in [5.41, 5.74) is 0.319. The molecule has 4 heterocycles. The first-order valence-corrected chi connectivity index (χ1v) is 23.7. The number of aliphatic hydroxyl groups excluding tert-OH is 3. The number of aromatic nitrogens is 1. The fraction of sp³-hybridized carbons (Fsp3) is 0.449. The number of ether oxygens (including phenoxy) is 3. The number of aliphatic hydroxyl groups is 3. The molecule has 3 fully saturated rings. The Labute approximate surface area is 418 Å². The van der Waals surface area contributed by atoms with E-state index in [1.165, 1.54) is 30.3 Å². The van der Waals surface area contributed by atoms with Gasteiger partial charge in [-0.2, -0.15) is 0 Å². The lowest BCUT2D eigenvalue weighted by Gasteiger charge is -2.41. The van der Waals surface area contributed by atoms with E-state index in [2.05, 4.69) is 36.9 Å². The number of carboxylic acid groups (broad SMARTS) is 2. The van der Waals surface area contributed by atoms with Gasteiger partial charge in [0.1, 0.15) is 36.2 Å². The third-order valence-corrected chi connectivity index (χ3v) is 12.3. The van der Waals surface area contributed by atoms with Crippen LogP contribution in [0.5, 0.6) is 5.75 Å². The third kappa shape index (κ3) is 16.0. The van der Waals surface area contributed by atoms with E-state index in [4.69, 9.17) is 19.3 Å². The highest BCUT2D eigenvalue weighted by Gasteiger charge is 2.48. The largest absolute Gasteiger partial charge is 0.481 e. The van der Waals surface area contributed by atoms with Gasteiger partial charge in [0, 0.05) is 81.8 Å². The van der Waals surface area contributed by atoms with Crippen molar-refractivity contribution in [3.05, 3.63) is 89.8 Å². The predicted octanol–water partition coefficient (Wildman–Crippen LogP) is 0.721. The first-order valence-electron chi connectivity index (χ1n) is 23.7. The second kappa shape index (κ2) is 26.3. The van der Waals surface area contributed by atoms with E-state index in [1.54, 1.807) is 47.6 Å². The van der Waals surface area contributed by atoms with Crippen LogP contribution in [0.1, 0.15) is 72.9 Å². The first-order chi connectivity index (χ1) is 35.0. The summed E-state index contributed by atoms with van der Waals surface area (Å²) in [7, 11) is 0. The van der Waals surface area contributed by atoms with Gasteiger partial charge in [0.2, 0.25) is 29.9 Å². The van der Waals surface area contributed by atoms with Gasteiger partial charge < -0.3 is 71.2 Å². The highest BCUT2D eigenvalue weighted by atomic mass is 16.7. The highest BCUT2D eigenvalue weighted by Crippen LogP contribution is 2.32. The van der Waals surface area contributed by atoms with Gasteiger partial charge in [-0.15, -0.1) is 0 Å². The summed E-state index contributed by atoms with van der Waals surface area (Å²) < 4.78 is 16.4. The molecule has 5 atom stereocenters.